The van der Waals surface area contributed by atoms with Gasteiger partial charge in [-0.2, -0.15) is 0 Å². The van der Waals surface area contributed by atoms with Crippen molar-refractivity contribution in [3.8, 4) is 5.75 Å². The third-order valence-electron chi connectivity index (χ3n) is 2.84. The standard InChI is InChI=1S/C13H19NO3/c1-5-8-7-9(6-2)12(16-3)10(11(8)14)13(15)17-4/h7H,5-6,14H2,1-4H3. The molecule has 0 fully saturated rings. The van der Waals surface area contributed by atoms with Crippen LogP contribution in [0.15, 0.2) is 6.07 Å². The van der Waals surface area contributed by atoms with Crippen molar-refractivity contribution in [3.05, 3.63) is 22.8 Å². The molecule has 0 aliphatic rings. The molecule has 0 aromatic heterocycles. The van der Waals surface area contributed by atoms with Crippen molar-refractivity contribution in [2.45, 2.75) is 26.7 Å². The first-order valence-electron chi connectivity index (χ1n) is 5.67. The summed E-state index contributed by atoms with van der Waals surface area (Å²) in [6.45, 7) is 4.01. The highest BCUT2D eigenvalue weighted by Gasteiger charge is 2.21. The third-order valence-corrected chi connectivity index (χ3v) is 2.84. The summed E-state index contributed by atoms with van der Waals surface area (Å²) >= 11 is 0. The van der Waals surface area contributed by atoms with E-state index in [0.717, 1.165) is 24.0 Å². The highest BCUT2D eigenvalue weighted by atomic mass is 16.5. The summed E-state index contributed by atoms with van der Waals surface area (Å²) in [5, 5.41) is 0. The summed E-state index contributed by atoms with van der Waals surface area (Å²) in [7, 11) is 2.87. The van der Waals surface area contributed by atoms with E-state index in [1.54, 1.807) is 0 Å². The Bertz CT molecular complexity index is 427. The second kappa shape index (κ2) is 5.57. The molecule has 0 saturated carbocycles. The number of hydrogen-bond donors (Lipinski definition) is 1. The molecule has 4 nitrogen and oxygen atoms in total. The van der Waals surface area contributed by atoms with Crippen LogP contribution >= 0.6 is 0 Å². The lowest BCUT2D eigenvalue weighted by atomic mass is 9.98. The lowest BCUT2D eigenvalue weighted by Gasteiger charge is -2.16. The van der Waals surface area contributed by atoms with Crippen molar-refractivity contribution in [1.82, 2.24) is 0 Å². The van der Waals surface area contributed by atoms with Crippen LogP contribution in [0.4, 0.5) is 5.69 Å². The number of nitrogens with two attached hydrogens (primary N) is 1. The zero-order chi connectivity index (χ0) is 13.0. The number of carbonyl (C=O) groups excluding carboxylic acids is 1. The fourth-order valence-corrected chi connectivity index (χ4v) is 1.89. The van der Waals surface area contributed by atoms with Crippen LogP contribution < -0.4 is 10.5 Å². The van der Waals surface area contributed by atoms with Gasteiger partial charge < -0.3 is 15.2 Å². The number of esters is 1. The van der Waals surface area contributed by atoms with Gasteiger partial charge in [-0.1, -0.05) is 19.9 Å². The van der Waals surface area contributed by atoms with E-state index in [4.69, 9.17) is 15.2 Å². The minimum Gasteiger partial charge on any atom is -0.495 e. The first-order chi connectivity index (χ1) is 8.10. The molecule has 0 aliphatic carbocycles. The summed E-state index contributed by atoms with van der Waals surface area (Å²) in [4.78, 5) is 11.8. The number of ether oxygens (including phenoxy) is 2. The Kier molecular flexibility index (Phi) is 4.37. The van der Waals surface area contributed by atoms with Gasteiger partial charge in [-0.3, -0.25) is 0 Å². The van der Waals surface area contributed by atoms with E-state index >= 15 is 0 Å². The van der Waals surface area contributed by atoms with Gasteiger partial charge in [-0.15, -0.1) is 0 Å². The number of methoxy groups -OCH3 is 2. The smallest absolute Gasteiger partial charge is 0.343 e. The van der Waals surface area contributed by atoms with Gasteiger partial charge in [0.25, 0.3) is 0 Å². The normalized spacial score (nSPS) is 10.1. The third kappa shape index (κ3) is 2.35. The van der Waals surface area contributed by atoms with Crippen molar-refractivity contribution in [1.29, 1.82) is 0 Å². The average molecular weight is 237 g/mol. The maximum Gasteiger partial charge on any atom is 0.343 e. The molecule has 1 rings (SSSR count). The molecular weight excluding hydrogens is 218 g/mol. The van der Waals surface area contributed by atoms with Gasteiger partial charge in [0.15, 0.2) is 0 Å². The molecule has 0 radical (unpaired) electrons. The Labute approximate surface area is 102 Å². The topological polar surface area (TPSA) is 61.5 Å². The Hall–Kier alpha value is -1.71. The van der Waals surface area contributed by atoms with E-state index in [1.165, 1.54) is 14.2 Å². The maximum atomic E-state index is 11.8. The molecule has 0 saturated heterocycles. The molecule has 0 heterocycles. The van der Waals surface area contributed by atoms with E-state index in [9.17, 15) is 4.79 Å². The van der Waals surface area contributed by atoms with Gasteiger partial charge >= 0.3 is 5.97 Å². The first-order valence-corrected chi connectivity index (χ1v) is 5.67. The number of nitrogen functional groups attached to an aromatic ring is 1. The zero-order valence-corrected chi connectivity index (χ0v) is 10.8. The molecule has 0 atom stereocenters. The molecule has 1 aromatic carbocycles. The summed E-state index contributed by atoms with van der Waals surface area (Å²) < 4.78 is 10.0. The average Bonchev–Trinajstić information content (AvgIpc) is 2.36. The number of rotatable bonds is 4. The van der Waals surface area contributed by atoms with Crippen molar-refractivity contribution >= 4 is 11.7 Å². The summed E-state index contributed by atoms with van der Waals surface area (Å²) in [6.07, 6.45) is 1.55. The number of benzene rings is 1. The largest absolute Gasteiger partial charge is 0.495 e. The highest BCUT2D eigenvalue weighted by Crippen LogP contribution is 2.33. The van der Waals surface area contributed by atoms with Crippen molar-refractivity contribution in [2.24, 2.45) is 0 Å². The second-order valence-corrected chi connectivity index (χ2v) is 3.72. The van der Waals surface area contributed by atoms with Crippen molar-refractivity contribution in [2.75, 3.05) is 20.0 Å². The first kappa shape index (κ1) is 13.4. The Balaban J connectivity index is 3.55. The Morgan fingerprint density at radius 1 is 1.24 bits per heavy atom. The number of aryl methyl sites for hydroxylation is 2. The summed E-state index contributed by atoms with van der Waals surface area (Å²) in [5.41, 5.74) is 8.70. The predicted molar refractivity (Wildman–Crippen MR) is 67.5 cm³/mol. The van der Waals surface area contributed by atoms with Crippen LogP contribution in [0.25, 0.3) is 0 Å². The minimum atomic E-state index is -0.454. The van der Waals surface area contributed by atoms with Crippen LogP contribution in [0.5, 0.6) is 5.75 Å². The van der Waals surface area contributed by atoms with E-state index in [2.05, 4.69) is 0 Å². The van der Waals surface area contributed by atoms with E-state index in [0.29, 0.717) is 17.0 Å². The molecule has 0 spiro atoms. The molecule has 94 valence electrons. The van der Waals surface area contributed by atoms with Crippen LogP contribution in [0.2, 0.25) is 0 Å². The maximum absolute atomic E-state index is 11.8. The van der Waals surface area contributed by atoms with Crippen molar-refractivity contribution < 1.29 is 14.3 Å². The number of hydrogen-bond acceptors (Lipinski definition) is 4. The Morgan fingerprint density at radius 2 is 1.82 bits per heavy atom. The van der Waals surface area contributed by atoms with Crippen LogP contribution in [0, 0.1) is 0 Å². The highest BCUT2D eigenvalue weighted by molar-refractivity contribution is 5.99. The van der Waals surface area contributed by atoms with Gasteiger partial charge in [0.1, 0.15) is 11.3 Å². The summed E-state index contributed by atoms with van der Waals surface area (Å²) in [5.74, 6) is 0.0680. The van der Waals surface area contributed by atoms with Crippen LogP contribution in [-0.4, -0.2) is 20.2 Å². The number of anilines is 1. The molecule has 0 amide bonds. The predicted octanol–water partition coefficient (Wildman–Crippen LogP) is 2.19. The second-order valence-electron chi connectivity index (χ2n) is 3.72. The molecule has 4 heteroatoms. The van der Waals surface area contributed by atoms with E-state index < -0.39 is 5.97 Å². The van der Waals surface area contributed by atoms with Gasteiger partial charge in [0, 0.05) is 0 Å². The van der Waals surface area contributed by atoms with Crippen LogP contribution in [0.1, 0.15) is 35.3 Å². The lowest BCUT2D eigenvalue weighted by molar-refractivity contribution is 0.0598. The minimum absolute atomic E-state index is 0.339. The molecule has 0 unspecified atom stereocenters. The lowest BCUT2D eigenvalue weighted by Crippen LogP contribution is -2.12. The fraction of sp³-hybridized carbons (Fsp3) is 0.462. The van der Waals surface area contributed by atoms with Crippen LogP contribution in [0.3, 0.4) is 0 Å². The van der Waals surface area contributed by atoms with Crippen LogP contribution in [-0.2, 0) is 17.6 Å². The van der Waals surface area contributed by atoms with Gasteiger partial charge in [0.2, 0.25) is 0 Å². The van der Waals surface area contributed by atoms with Crippen molar-refractivity contribution in [3.63, 3.8) is 0 Å². The molecule has 0 bridgehead atoms. The SMILES string of the molecule is CCc1cc(CC)c(OC)c(C(=O)OC)c1N. The molecule has 2 N–H and O–H groups in total. The fourth-order valence-electron chi connectivity index (χ4n) is 1.89. The molecule has 17 heavy (non-hydrogen) atoms. The van der Waals surface area contributed by atoms with Gasteiger partial charge in [-0.25, -0.2) is 4.79 Å². The van der Waals surface area contributed by atoms with Gasteiger partial charge in [0.05, 0.1) is 19.9 Å². The quantitative estimate of drug-likeness (QED) is 0.644. The molecular formula is C13H19NO3. The zero-order valence-electron chi connectivity index (χ0n) is 10.8. The van der Waals surface area contributed by atoms with E-state index in [1.807, 2.05) is 19.9 Å². The van der Waals surface area contributed by atoms with Gasteiger partial charge in [-0.05, 0) is 24.0 Å². The number of carbonyl (C=O) groups is 1. The Morgan fingerprint density at radius 3 is 2.24 bits per heavy atom. The molecule has 0 aliphatic heterocycles. The monoisotopic (exact) mass is 237 g/mol. The summed E-state index contributed by atoms with van der Waals surface area (Å²) in [6, 6.07) is 1.99. The van der Waals surface area contributed by atoms with E-state index in [-0.39, 0.29) is 0 Å². The molecule has 1 aromatic rings.